The van der Waals surface area contributed by atoms with E-state index in [4.69, 9.17) is 14.6 Å². The Balaban J connectivity index is 2.50. The highest BCUT2D eigenvalue weighted by Gasteiger charge is 2.12. The number of ether oxygens (including phenoxy) is 2. The summed E-state index contributed by atoms with van der Waals surface area (Å²) in [7, 11) is 3.22. The molecule has 5 nitrogen and oxygen atoms in total. The highest BCUT2D eigenvalue weighted by Crippen LogP contribution is 2.14. The van der Waals surface area contributed by atoms with E-state index in [1.54, 1.807) is 19.1 Å². The summed E-state index contributed by atoms with van der Waals surface area (Å²) in [4.78, 5) is 13.7. The van der Waals surface area contributed by atoms with E-state index in [9.17, 15) is 4.79 Å². The van der Waals surface area contributed by atoms with Crippen LogP contribution in [0.4, 0.5) is 0 Å². The molecule has 0 saturated carbocycles. The number of aryl methyl sites for hydroxylation is 1. The lowest BCUT2D eigenvalue weighted by molar-refractivity contribution is -0.132. The van der Waals surface area contributed by atoms with Gasteiger partial charge in [0.15, 0.2) is 0 Å². The van der Waals surface area contributed by atoms with E-state index < -0.39 is 0 Å². The maximum atomic E-state index is 12.1. The molecule has 0 spiro atoms. The highest BCUT2D eigenvalue weighted by molar-refractivity contribution is 5.76. The molecule has 0 aliphatic rings. The van der Waals surface area contributed by atoms with Gasteiger partial charge in [0.05, 0.1) is 20.3 Å². The Bertz CT molecular complexity index is 409. The molecule has 1 amide bonds. The number of amides is 1. The first-order chi connectivity index (χ1) is 9.71. The van der Waals surface area contributed by atoms with E-state index in [1.165, 1.54) is 0 Å². The summed E-state index contributed by atoms with van der Waals surface area (Å²) >= 11 is 0. The Kier molecular flexibility index (Phi) is 7.69. The van der Waals surface area contributed by atoms with Gasteiger partial charge in [-0.3, -0.25) is 4.79 Å². The van der Waals surface area contributed by atoms with Crippen LogP contribution in [0, 0.1) is 0 Å². The Morgan fingerprint density at radius 1 is 1.30 bits per heavy atom. The van der Waals surface area contributed by atoms with Crippen LogP contribution in [0.2, 0.25) is 0 Å². The minimum absolute atomic E-state index is 0.0268. The maximum Gasteiger partial charge on any atom is 0.223 e. The molecule has 1 aromatic rings. The topological polar surface area (TPSA) is 59.0 Å². The quantitative estimate of drug-likeness (QED) is 0.736. The maximum absolute atomic E-state index is 12.1. The number of hydrogen-bond donors (Lipinski definition) is 1. The molecule has 1 N–H and O–H groups in total. The van der Waals surface area contributed by atoms with E-state index in [1.807, 2.05) is 24.3 Å². The number of aliphatic hydroxyl groups is 1. The number of benzene rings is 1. The van der Waals surface area contributed by atoms with Gasteiger partial charge in [-0.15, -0.1) is 0 Å². The minimum atomic E-state index is -0.0331. The summed E-state index contributed by atoms with van der Waals surface area (Å²) in [6, 6.07) is 7.69. The first-order valence-corrected chi connectivity index (χ1v) is 6.71. The van der Waals surface area contributed by atoms with Crippen molar-refractivity contribution in [3.8, 4) is 5.75 Å². The van der Waals surface area contributed by atoms with Gasteiger partial charge in [-0.25, -0.2) is 0 Å². The van der Waals surface area contributed by atoms with Crippen LogP contribution in [0.1, 0.15) is 12.0 Å². The van der Waals surface area contributed by atoms with Crippen LogP contribution in [0.5, 0.6) is 5.75 Å². The van der Waals surface area contributed by atoms with Gasteiger partial charge in [-0.05, 0) is 24.1 Å². The van der Waals surface area contributed by atoms with Crippen molar-refractivity contribution in [3.63, 3.8) is 0 Å². The summed E-state index contributed by atoms with van der Waals surface area (Å²) in [5.41, 5.74) is 1.06. The van der Waals surface area contributed by atoms with Crippen LogP contribution in [0.3, 0.4) is 0 Å². The number of nitrogens with zero attached hydrogens (tertiary/aromatic N) is 1. The molecular formula is C15H23NO4. The van der Waals surface area contributed by atoms with Gasteiger partial charge in [-0.2, -0.15) is 0 Å². The first-order valence-electron chi connectivity index (χ1n) is 6.71. The van der Waals surface area contributed by atoms with Crippen molar-refractivity contribution in [1.29, 1.82) is 0 Å². The van der Waals surface area contributed by atoms with Crippen LogP contribution >= 0.6 is 0 Å². The molecule has 0 aliphatic carbocycles. The number of aliphatic hydroxyl groups excluding tert-OH is 1. The van der Waals surface area contributed by atoms with Crippen molar-refractivity contribution < 1.29 is 19.4 Å². The number of carbonyl (C=O) groups is 1. The number of hydrogen-bond acceptors (Lipinski definition) is 4. The normalized spacial score (nSPS) is 10.3. The summed E-state index contributed by atoms with van der Waals surface area (Å²) in [5, 5.41) is 8.99. The fourth-order valence-electron chi connectivity index (χ4n) is 1.92. The van der Waals surface area contributed by atoms with Crippen molar-refractivity contribution in [2.24, 2.45) is 0 Å². The van der Waals surface area contributed by atoms with Crippen molar-refractivity contribution in [2.45, 2.75) is 12.8 Å². The second-order valence-electron chi connectivity index (χ2n) is 4.45. The molecule has 0 atom stereocenters. The molecule has 0 aliphatic heterocycles. The molecule has 1 rings (SSSR count). The molecule has 20 heavy (non-hydrogen) atoms. The van der Waals surface area contributed by atoms with Gasteiger partial charge in [-0.1, -0.05) is 12.1 Å². The summed E-state index contributed by atoms with van der Waals surface area (Å²) in [6.07, 6.45) is 1.07. The van der Waals surface area contributed by atoms with Gasteiger partial charge in [0.1, 0.15) is 5.75 Å². The second-order valence-corrected chi connectivity index (χ2v) is 4.45. The summed E-state index contributed by atoms with van der Waals surface area (Å²) in [5.74, 6) is 0.820. The minimum Gasteiger partial charge on any atom is -0.497 e. The van der Waals surface area contributed by atoms with Crippen LogP contribution in [-0.2, 0) is 16.0 Å². The SMILES string of the molecule is COCCN(CCO)C(=O)CCc1cccc(OC)c1. The van der Waals surface area contributed by atoms with E-state index in [0.717, 1.165) is 11.3 Å². The predicted molar refractivity (Wildman–Crippen MR) is 76.9 cm³/mol. The van der Waals surface area contributed by atoms with Crippen molar-refractivity contribution >= 4 is 5.91 Å². The van der Waals surface area contributed by atoms with Crippen LogP contribution in [-0.4, -0.2) is 56.4 Å². The monoisotopic (exact) mass is 281 g/mol. The lowest BCUT2D eigenvalue weighted by Crippen LogP contribution is -2.36. The molecule has 0 unspecified atom stereocenters. The average Bonchev–Trinajstić information content (AvgIpc) is 2.49. The molecule has 112 valence electrons. The second kappa shape index (κ2) is 9.34. The van der Waals surface area contributed by atoms with E-state index in [2.05, 4.69) is 0 Å². The average molecular weight is 281 g/mol. The van der Waals surface area contributed by atoms with Crippen LogP contribution in [0.25, 0.3) is 0 Å². The van der Waals surface area contributed by atoms with Crippen LogP contribution in [0.15, 0.2) is 24.3 Å². The van der Waals surface area contributed by atoms with Gasteiger partial charge in [0, 0.05) is 26.6 Å². The van der Waals surface area contributed by atoms with Crippen molar-refractivity contribution in [2.75, 3.05) is 40.5 Å². The summed E-state index contributed by atoms with van der Waals surface area (Å²) in [6.45, 7) is 1.30. The molecule has 0 saturated heterocycles. The zero-order chi connectivity index (χ0) is 14.8. The lowest BCUT2D eigenvalue weighted by atomic mass is 10.1. The molecule has 0 heterocycles. The van der Waals surface area contributed by atoms with E-state index in [0.29, 0.717) is 32.5 Å². The van der Waals surface area contributed by atoms with Gasteiger partial charge < -0.3 is 19.5 Å². The number of methoxy groups -OCH3 is 2. The Morgan fingerprint density at radius 3 is 2.75 bits per heavy atom. The van der Waals surface area contributed by atoms with E-state index >= 15 is 0 Å². The smallest absolute Gasteiger partial charge is 0.223 e. The van der Waals surface area contributed by atoms with Crippen molar-refractivity contribution in [3.05, 3.63) is 29.8 Å². The lowest BCUT2D eigenvalue weighted by Gasteiger charge is -2.21. The third-order valence-corrected chi connectivity index (χ3v) is 3.05. The molecule has 1 aromatic carbocycles. The summed E-state index contributed by atoms with van der Waals surface area (Å²) < 4.78 is 10.1. The molecule has 0 fully saturated rings. The number of carbonyl (C=O) groups excluding carboxylic acids is 1. The predicted octanol–water partition coefficient (Wildman–Crippen LogP) is 1.10. The van der Waals surface area contributed by atoms with Crippen molar-refractivity contribution in [1.82, 2.24) is 4.90 Å². The van der Waals surface area contributed by atoms with E-state index in [-0.39, 0.29) is 12.5 Å². The standard InChI is InChI=1S/C15H23NO4/c1-19-11-9-16(8-10-17)15(18)7-6-13-4-3-5-14(12-13)20-2/h3-5,12,17H,6-11H2,1-2H3. The fraction of sp³-hybridized carbons (Fsp3) is 0.533. The zero-order valence-electron chi connectivity index (χ0n) is 12.2. The van der Waals surface area contributed by atoms with Gasteiger partial charge in [0.25, 0.3) is 0 Å². The Hall–Kier alpha value is -1.59. The molecule has 0 aromatic heterocycles. The molecule has 0 bridgehead atoms. The highest BCUT2D eigenvalue weighted by atomic mass is 16.5. The fourth-order valence-corrected chi connectivity index (χ4v) is 1.92. The number of rotatable bonds is 9. The molecular weight excluding hydrogens is 258 g/mol. The first kappa shape index (κ1) is 16.5. The van der Waals surface area contributed by atoms with Gasteiger partial charge >= 0.3 is 0 Å². The zero-order valence-corrected chi connectivity index (χ0v) is 12.2. The Morgan fingerprint density at radius 2 is 2.10 bits per heavy atom. The molecule has 0 radical (unpaired) electrons. The van der Waals surface area contributed by atoms with Crippen LogP contribution < -0.4 is 4.74 Å². The third kappa shape index (κ3) is 5.59. The van der Waals surface area contributed by atoms with Gasteiger partial charge in [0.2, 0.25) is 5.91 Å². The Labute approximate surface area is 120 Å². The largest absolute Gasteiger partial charge is 0.497 e. The third-order valence-electron chi connectivity index (χ3n) is 3.05. The molecule has 5 heteroatoms.